The Bertz CT molecular complexity index is 499. The monoisotopic (exact) mass is 249 g/mol. The van der Waals surface area contributed by atoms with E-state index in [4.69, 9.17) is 0 Å². The maximum Gasteiger partial charge on any atom is 0.0735 e. The average Bonchev–Trinajstić information content (AvgIpc) is 2.46. The normalized spacial score (nSPS) is 12.3. The van der Waals surface area contributed by atoms with Crippen LogP contribution in [0.2, 0.25) is 0 Å². The molecule has 0 aliphatic rings. The summed E-state index contributed by atoms with van der Waals surface area (Å²) in [5.74, 6) is 0. The van der Waals surface area contributed by atoms with Crippen molar-refractivity contribution < 1.29 is 0 Å². The lowest BCUT2D eigenvalue weighted by molar-refractivity contribution is 0.664. The second-order valence-corrected chi connectivity index (χ2v) is 5.07. The van der Waals surface area contributed by atoms with Crippen molar-refractivity contribution in [1.29, 1.82) is 0 Å². The summed E-state index contributed by atoms with van der Waals surface area (Å²) in [7, 11) is 0. The van der Waals surface area contributed by atoms with Crippen molar-refractivity contribution in [3.05, 3.63) is 77.9 Å². The second-order valence-electron chi connectivity index (χ2n) is 5.07. The molecular formula is C18H19N. The van der Waals surface area contributed by atoms with E-state index in [-0.39, 0.29) is 5.54 Å². The van der Waals surface area contributed by atoms with Gasteiger partial charge in [0.05, 0.1) is 5.54 Å². The van der Waals surface area contributed by atoms with E-state index in [9.17, 15) is 0 Å². The van der Waals surface area contributed by atoms with Crippen molar-refractivity contribution in [1.82, 2.24) is 0 Å². The summed E-state index contributed by atoms with van der Waals surface area (Å²) < 4.78 is 0. The van der Waals surface area contributed by atoms with Gasteiger partial charge in [-0.25, -0.2) is 0 Å². The van der Waals surface area contributed by atoms with Crippen LogP contribution in [0.4, 0.5) is 0 Å². The number of hydrogen-bond acceptors (Lipinski definition) is 1. The number of rotatable bonds is 4. The average molecular weight is 249 g/mol. The summed E-state index contributed by atoms with van der Waals surface area (Å²) in [4.78, 5) is 4.63. The molecule has 0 saturated heterocycles. The SMILES string of the molecule is CC(C)(C=Cc1ccccc1)N=Cc1ccccc1. The van der Waals surface area contributed by atoms with Gasteiger partial charge in [0.15, 0.2) is 0 Å². The summed E-state index contributed by atoms with van der Waals surface area (Å²) in [5.41, 5.74) is 2.13. The highest BCUT2D eigenvalue weighted by Gasteiger charge is 2.09. The molecule has 0 saturated carbocycles. The summed E-state index contributed by atoms with van der Waals surface area (Å²) in [5, 5.41) is 0. The van der Waals surface area contributed by atoms with Gasteiger partial charge in [-0.1, -0.05) is 72.8 Å². The molecule has 2 rings (SSSR count). The lowest BCUT2D eigenvalue weighted by Gasteiger charge is -2.14. The van der Waals surface area contributed by atoms with E-state index in [1.54, 1.807) is 0 Å². The van der Waals surface area contributed by atoms with Gasteiger partial charge in [-0.05, 0) is 25.0 Å². The van der Waals surface area contributed by atoms with Crippen molar-refractivity contribution >= 4 is 12.3 Å². The topological polar surface area (TPSA) is 12.4 Å². The summed E-state index contributed by atoms with van der Waals surface area (Å²) in [6.07, 6.45) is 6.17. The zero-order valence-corrected chi connectivity index (χ0v) is 11.5. The predicted octanol–water partition coefficient (Wildman–Crippen LogP) is 4.60. The first-order valence-electron chi connectivity index (χ1n) is 6.50. The number of nitrogens with zero attached hydrogens (tertiary/aromatic N) is 1. The highest BCUT2D eigenvalue weighted by atomic mass is 14.8. The lowest BCUT2D eigenvalue weighted by atomic mass is 10.0. The van der Waals surface area contributed by atoms with Gasteiger partial charge < -0.3 is 0 Å². The van der Waals surface area contributed by atoms with E-state index in [2.05, 4.69) is 55.3 Å². The third-order valence-electron chi connectivity index (χ3n) is 2.83. The number of hydrogen-bond donors (Lipinski definition) is 0. The van der Waals surface area contributed by atoms with Gasteiger partial charge in [-0.3, -0.25) is 4.99 Å². The van der Waals surface area contributed by atoms with E-state index in [0.717, 1.165) is 5.56 Å². The molecule has 0 aliphatic carbocycles. The van der Waals surface area contributed by atoms with Crippen molar-refractivity contribution in [3.8, 4) is 0 Å². The van der Waals surface area contributed by atoms with Crippen LogP contribution in [-0.2, 0) is 0 Å². The fourth-order valence-corrected chi connectivity index (χ4v) is 1.69. The molecule has 0 fully saturated rings. The Morgan fingerprint density at radius 2 is 1.32 bits per heavy atom. The molecule has 0 spiro atoms. The number of benzene rings is 2. The van der Waals surface area contributed by atoms with E-state index in [0.29, 0.717) is 0 Å². The van der Waals surface area contributed by atoms with E-state index in [1.807, 2.05) is 42.6 Å². The Balaban J connectivity index is 2.06. The van der Waals surface area contributed by atoms with Crippen LogP contribution < -0.4 is 0 Å². The third kappa shape index (κ3) is 4.55. The van der Waals surface area contributed by atoms with Crippen molar-refractivity contribution in [2.45, 2.75) is 19.4 Å². The minimum Gasteiger partial charge on any atom is -0.282 e. The Morgan fingerprint density at radius 1 is 0.789 bits per heavy atom. The van der Waals surface area contributed by atoms with Crippen LogP contribution in [0.25, 0.3) is 6.08 Å². The van der Waals surface area contributed by atoms with Crippen LogP contribution in [0, 0.1) is 0 Å². The highest BCUT2D eigenvalue weighted by Crippen LogP contribution is 2.14. The van der Waals surface area contributed by atoms with Crippen LogP contribution in [0.15, 0.2) is 71.7 Å². The molecular weight excluding hydrogens is 230 g/mol. The quantitative estimate of drug-likeness (QED) is 0.702. The minimum absolute atomic E-state index is 0.203. The van der Waals surface area contributed by atoms with Crippen LogP contribution >= 0.6 is 0 Å². The van der Waals surface area contributed by atoms with Gasteiger partial charge in [-0.2, -0.15) is 0 Å². The number of aliphatic imine (C=N–C) groups is 1. The molecule has 2 aromatic rings. The van der Waals surface area contributed by atoms with Crippen LogP contribution in [-0.4, -0.2) is 11.8 Å². The maximum atomic E-state index is 4.63. The molecule has 0 N–H and O–H groups in total. The molecule has 0 amide bonds. The van der Waals surface area contributed by atoms with E-state index >= 15 is 0 Å². The van der Waals surface area contributed by atoms with Gasteiger partial charge in [0.1, 0.15) is 0 Å². The van der Waals surface area contributed by atoms with Gasteiger partial charge in [0, 0.05) is 6.21 Å². The smallest absolute Gasteiger partial charge is 0.0735 e. The van der Waals surface area contributed by atoms with Crippen molar-refractivity contribution in [3.63, 3.8) is 0 Å². The molecule has 0 aliphatic heterocycles. The molecule has 2 aromatic carbocycles. The second kappa shape index (κ2) is 6.14. The molecule has 1 heteroatoms. The molecule has 0 heterocycles. The van der Waals surface area contributed by atoms with Gasteiger partial charge >= 0.3 is 0 Å². The predicted molar refractivity (Wildman–Crippen MR) is 83.6 cm³/mol. The Kier molecular flexibility index (Phi) is 4.30. The molecule has 0 unspecified atom stereocenters. The zero-order valence-electron chi connectivity index (χ0n) is 11.5. The first-order chi connectivity index (χ1) is 9.16. The Morgan fingerprint density at radius 3 is 1.89 bits per heavy atom. The highest BCUT2D eigenvalue weighted by molar-refractivity contribution is 5.80. The van der Waals surface area contributed by atoms with Crippen molar-refractivity contribution in [2.24, 2.45) is 4.99 Å². The van der Waals surface area contributed by atoms with E-state index < -0.39 is 0 Å². The first-order valence-corrected chi connectivity index (χ1v) is 6.50. The van der Waals surface area contributed by atoms with Crippen molar-refractivity contribution in [2.75, 3.05) is 0 Å². The zero-order chi connectivity index (χ0) is 13.6. The molecule has 19 heavy (non-hydrogen) atoms. The van der Waals surface area contributed by atoms with E-state index in [1.165, 1.54) is 5.56 Å². The molecule has 0 radical (unpaired) electrons. The molecule has 1 nitrogen and oxygen atoms in total. The van der Waals surface area contributed by atoms with Gasteiger partial charge in [-0.15, -0.1) is 0 Å². The third-order valence-corrected chi connectivity index (χ3v) is 2.83. The Hall–Kier alpha value is -2.15. The molecule has 0 bridgehead atoms. The van der Waals surface area contributed by atoms with Crippen LogP contribution in [0.5, 0.6) is 0 Å². The maximum absolute atomic E-state index is 4.63. The lowest BCUT2D eigenvalue weighted by Crippen LogP contribution is -2.12. The van der Waals surface area contributed by atoms with Crippen LogP contribution in [0.1, 0.15) is 25.0 Å². The fraction of sp³-hybridized carbons (Fsp3) is 0.167. The first kappa shape index (κ1) is 13.3. The summed E-state index contributed by atoms with van der Waals surface area (Å²) >= 11 is 0. The largest absolute Gasteiger partial charge is 0.282 e. The molecule has 0 atom stereocenters. The standard InChI is InChI=1S/C18H19N/c1-18(2,14-13-16-9-5-3-6-10-16)19-15-17-11-7-4-8-12-17/h3-15H,1-2H3. The van der Waals surface area contributed by atoms with Crippen LogP contribution in [0.3, 0.4) is 0 Å². The molecule has 96 valence electrons. The minimum atomic E-state index is -0.203. The van der Waals surface area contributed by atoms with Gasteiger partial charge in [0.2, 0.25) is 0 Å². The fourth-order valence-electron chi connectivity index (χ4n) is 1.69. The summed E-state index contributed by atoms with van der Waals surface area (Å²) in [6.45, 7) is 4.21. The Labute approximate surface area is 115 Å². The van der Waals surface area contributed by atoms with Gasteiger partial charge in [0.25, 0.3) is 0 Å². The molecule has 0 aromatic heterocycles. The summed E-state index contributed by atoms with van der Waals surface area (Å²) in [6, 6.07) is 20.5.